The summed E-state index contributed by atoms with van der Waals surface area (Å²) in [4.78, 5) is 31.5. The van der Waals surface area contributed by atoms with Gasteiger partial charge in [-0.15, -0.1) is 0 Å². The van der Waals surface area contributed by atoms with Gasteiger partial charge < -0.3 is 10.1 Å². The van der Waals surface area contributed by atoms with E-state index in [1.54, 1.807) is 24.3 Å². The summed E-state index contributed by atoms with van der Waals surface area (Å²) in [6, 6.07) is 12.2. The van der Waals surface area contributed by atoms with Crippen molar-refractivity contribution < 1.29 is 14.3 Å². The summed E-state index contributed by atoms with van der Waals surface area (Å²) in [5, 5.41) is 3.43. The highest BCUT2D eigenvalue weighted by atomic mass is 79.9. The number of carbonyl (C=O) groups is 2. The van der Waals surface area contributed by atoms with Crippen molar-refractivity contribution in [2.45, 2.75) is 6.92 Å². The number of fused-ring (bicyclic) bond motifs is 1. The highest BCUT2D eigenvalue weighted by molar-refractivity contribution is 9.10. The second-order valence-electron chi connectivity index (χ2n) is 5.31. The third-order valence-electron chi connectivity index (χ3n) is 3.48. The Balaban J connectivity index is 1.66. The number of nitrogens with zero attached hydrogens (tertiary/aromatic N) is 2. The summed E-state index contributed by atoms with van der Waals surface area (Å²) in [6.45, 7) is 1.30. The van der Waals surface area contributed by atoms with E-state index in [-0.39, 0.29) is 18.3 Å². The molecule has 0 bridgehead atoms. The van der Waals surface area contributed by atoms with Crippen LogP contribution in [-0.4, -0.2) is 28.3 Å². The molecule has 0 saturated carbocycles. The number of benzene rings is 2. The summed E-state index contributed by atoms with van der Waals surface area (Å²) >= 11 is 3.39. The number of ketones is 1. The van der Waals surface area contributed by atoms with Gasteiger partial charge in [0.05, 0.1) is 10.9 Å². The maximum atomic E-state index is 12.1. The van der Waals surface area contributed by atoms with Crippen LogP contribution in [0.25, 0.3) is 10.9 Å². The molecule has 1 aromatic heterocycles. The van der Waals surface area contributed by atoms with Crippen molar-refractivity contribution >= 4 is 44.2 Å². The second-order valence-corrected chi connectivity index (χ2v) is 6.23. The fourth-order valence-electron chi connectivity index (χ4n) is 2.24. The minimum atomic E-state index is -0.322. The van der Waals surface area contributed by atoms with Crippen LogP contribution in [0, 0.1) is 0 Å². The standard InChI is InChI=1S/C18H14BrN3O3/c1-11(23)12-2-5-14(6-3-12)22-17(24)9-25-18-15-8-13(19)4-7-16(15)20-10-21-18/h2-8,10H,9H2,1H3,(H,22,24). The van der Waals surface area contributed by atoms with Gasteiger partial charge in [0.25, 0.3) is 5.91 Å². The van der Waals surface area contributed by atoms with Gasteiger partial charge in [0.2, 0.25) is 5.88 Å². The Hall–Kier alpha value is -2.80. The van der Waals surface area contributed by atoms with Crippen molar-refractivity contribution in [2.24, 2.45) is 0 Å². The second kappa shape index (κ2) is 7.40. The number of aromatic nitrogens is 2. The molecule has 3 rings (SSSR count). The Bertz CT molecular complexity index is 942. The molecular weight excluding hydrogens is 386 g/mol. The number of Topliss-reactive ketones (excluding diaryl/α,β-unsaturated/α-hetero) is 1. The lowest BCUT2D eigenvalue weighted by molar-refractivity contribution is -0.118. The molecule has 0 unspecified atom stereocenters. The number of amides is 1. The van der Waals surface area contributed by atoms with E-state index in [0.29, 0.717) is 17.1 Å². The molecule has 1 heterocycles. The predicted molar refractivity (Wildman–Crippen MR) is 97.8 cm³/mol. The Morgan fingerprint density at radius 2 is 1.88 bits per heavy atom. The first-order valence-corrected chi connectivity index (χ1v) is 8.26. The molecule has 0 aliphatic rings. The molecule has 0 spiro atoms. The summed E-state index contributed by atoms with van der Waals surface area (Å²) < 4.78 is 6.40. The summed E-state index contributed by atoms with van der Waals surface area (Å²) in [7, 11) is 0. The van der Waals surface area contributed by atoms with Crippen LogP contribution in [0.1, 0.15) is 17.3 Å². The summed E-state index contributed by atoms with van der Waals surface area (Å²) in [5.74, 6) is -0.00581. The van der Waals surface area contributed by atoms with Crippen molar-refractivity contribution in [3.05, 3.63) is 58.8 Å². The Kier molecular flexibility index (Phi) is 5.04. The highest BCUT2D eigenvalue weighted by Crippen LogP contribution is 2.24. The SMILES string of the molecule is CC(=O)c1ccc(NC(=O)COc2ncnc3ccc(Br)cc23)cc1. The first-order valence-electron chi connectivity index (χ1n) is 7.47. The molecule has 0 aliphatic carbocycles. The third kappa shape index (κ3) is 4.19. The predicted octanol–water partition coefficient (Wildman–Crippen LogP) is 3.61. The molecule has 0 atom stereocenters. The van der Waals surface area contributed by atoms with Gasteiger partial charge in [0.15, 0.2) is 12.4 Å². The molecule has 0 fully saturated rings. The van der Waals surface area contributed by atoms with Gasteiger partial charge in [-0.1, -0.05) is 15.9 Å². The molecule has 3 aromatic rings. The molecule has 7 heteroatoms. The topological polar surface area (TPSA) is 81.2 Å². The number of hydrogen-bond acceptors (Lipinski definition) is 5. The van der Waals surface area contributed by atoms with Crippen LogP contribution in [0.4, 0.5) is 5.69 Å². The van der Waals surface area contributed by atoms with Gasteiger partial charge >= 0.3 is 0 Å². The zero-order valence-electron chi connectivity index (χ0n) is 13.3. The molecule has 0 aliphatic heterocycles. The van der Waals surface area contributed by atoms with Gasteiger partial charge in [-0.3, -0.25) is 9.59 Å². The minimum absolute atomic E-state index is 0.0250. The van der Waals surface area contributed by atoms with E-state index in [1.165, 1.54) is 13.3 Å². The summed E-state index contributed by atoms with van der Waals surface area (Å²) in [5.41, 5.74) is 1.91. The Morgan fingerprint density at radius 1 is 1.12 bits per heavy atom. The van der Waals surface area contributed by atoms with E-state index in [0.717, 1.165) is 15.4 Å². The smallest absolute Gasteiger partial charge is 0.262 e. The molecule has 0 radical (unpaired) electrons. The molecule has 1 N–H and O–H groups in total. The molecule has 0 saturated heterocycles. The molecule has 25 heavy (non-hydrogen) atoms. The number of hydrogen-bond donors (Lipinski definition) is 1. The van der Waals surface area contributed by atoms with Crippen molar-refractivity contribution in [3.63, 3.8) is 0 Å². The van der Waals surface area contributed by atoms with Gasteiger partial charge in [0, 0.05) is 15.7 Å². The quantitative estimate of drug-likeness (QED) is 0.662. The molecule has 6 nitrogen and oxygen atoms in total. The Morgan fingerprint density at radius 3 is 2.60 bits per heavy atom. The van der Waals surface area contributed by atoms with Crippen molar-refractivity contribution in [1.82, 2.24) is 9.97 Å². The van der Waals surface area contributed by atoms with Gasteiger partial charge in [-0.05, 0) is 49.4 Å². The van der Waals surface area contributed by atoms with Crippen LogP contribution < -0.4 is 10.1 Å². The number of anilines is 1. The first kappa shape index (κ1) is 17.0. The maximum absolute atomic E-state index is 12.1. The lowest BCUT2D eigenvalue weighted by atomic mass is 10.1. The van der Waals surface area contributed by atoms with Gasteiger partial charge in [0.1, 0.15) is 6.33 Å². The van der Waals surface area contributed by atoms with Crippen LogP contribution in [0.2, 0.25) is 0 Å². The van der Waals surface area contributed by atoms with Crippen molar-refractivity contribution in [3.8, 4) is 5.88 Å². The van der Waals surface area contributed by atoms with E-state index in [2.05, 4.69) is 31.2 Å². The highest BCUT2D eigenvalue weighted by Gasteiger charge is 2.09. The number of halogens is 1. The van der Waals surface area contributed by atoms with Crippen molar-refractivity contribution in [2.75, 3.05) is 11.9 Å². The van der Waals surface area contributed by atoms with E-state index >= 15 is 0 Å². The normalized spacial score (nSPS) is 10.5. The average molecular weight is 400 g/mol. The zero-order valence-corrected chi connectivity index (χ0v) is 14.9. The van der Waals surface area contributed by atoms with Crippen LogP contribution in [0.3, 0.4) is 0 Å². The molecule has 1 amide bonds. The number of carbonyl (C=O) groups excluding carboxylic acids is 2. The molecule has 2 aromatic carbocycles. The van der Waals surface area contributed by atoms with Crippen LogP contribution >= 0.6 is 15.9 Å². The first-order chi connectivity index (χ1) is 12.0. The van der Waals surface area contributed by atoms with E-state index in [4.69, 9.17) is 4.74 Å². The fraction of sp³-hybridized carbons (Fsp3) is 0.111. The average Bonchev–Trinajstić information content (AvgIpc) is 2.60. The van der Waals surface area contributed by atoms with Crippen molar-refractivity contribution in [1.29, 1.82) is 0 Å². The molecule has 126 valence electrons. The van der Waals surface area contributed by atoms with Crippen LogP contribution in [0.15, 0.2) is 53.3 Å². The minimum Gasteiger partial charge on any atom is -0.467 e. The van der Waals surface area contributed by atoms with Gasteiger partial charge in [-0.25, -0.2) is 9.97 Å². The van der Waals surface area contributed by atoms with Gasteiger partial charge in [-0.2, -0.15) is 0 Å². The lowest BCUT2D eigenvalue weighted by Crippen LogP contribution is -2.20. The van der Waals surface area contributed by atoms with Crippen LogP contribution in [0.5, 0.6) is 5.88 Å². The number of rotatable bonds is 5. The zero-order chi connectivity index (χ0) is 17.8. The molecular formula is C18H14BrN3O3. The van der Waals surface area contributed by atoms with E-state index < -0.39 is 0 Å². The fourth-order valence-corrected chi connectivity index (χ4v) is 2.60. The van der Waals surface area contributed by atoms with E-state index in [9.17, 15) is 9.59 Å². The third-order valence-corrected chi connectivity index (χ3v) is 3.97. The largest absolute Gasteiger partial charge is 0.467 e. The lowest BCUT2D eigenvalue weighted by Gasteiger charge is -2.09. The monoisotopic (exact) mass is 399 g/mol. The van der Waals surface area contributed by atoms with E-state index in [1.807, 2.05) is 18.2 Å². The maximum Gasteiger partial charge on any atom is 0.262 e. The number of nitrogens with one attached hydrogen (secondary N) is 1. The summed E-state index contributed by atoms with van der Waals surface area (Å²) in [6.07, 6.45) is 1.39. The number of ether oxygens (including phenoxy) is 1. The Labute approximate surface area is 152 Å². The van der Waals surface area contributed by atoms with Crippen LogP contribution in [-0.2, 0) is 4.79 Å².